The number of ether oxygens (including phenoxy) is 1. The molecular weight excluding hydrogens is 356 g/mol. The zero-order chi connectivity index (χ0) is 19.8. The zero-order valence-corrected chi connectivity index (χ0v) is 15.3. The van der Waals surface area contributed by atoms with Crippen LogP contribution < -0.4 is 10.2 Å². The maximum Gasteiger partial charge on any atom is 0.408 e. The number of fused-ring (bicyclic) bond motifs is 1. The molecule has 1 amide bonds. The number of alkyl carbamates (subject to hydrolysis) is 1. The average Bonchev–Trinajstić information content (AvgIpc) is 2.98. The fraction of sp³-hybridized carbons (Fsp3) is 0.500. The van der Waals surface area contributed by atoms with Gasteiger partial charge in [0.15, 0.2) is 0 Å². The molecule has 0 radical (unpaired) electrons. The van der Waals surface area contributed by atoms with Crippen molar-refractivity contribution in [3.05, 3.63) is 23.5 Å². The molecule has 0 unspecified atom stereocenters. The van der Waals surface area contributed by atoms with Gasteiger partial charge >= 0.3 is 6.09 Å². The van der Waals surface area contributed by atoms with Crippen molar-refractivity contribution in [1.29, 1.82) is 5.26 Å². The van der Waals surface area contributed by atoms with Gasteiger partial charge in [0.25, 0.3) is 0 Å². The third-order valence-corrected chi connectivity index (χ3v) is 4.19. The van der Waals surface area contributed by atoms with E-state index in [-0.39, 0.29) is 18.5 Å². The fourth-order valence-electron chi connectivity index (χ4n) is 3.02. The summed E-state index contributed by atoms with van der Waals surface area (Å²) in [5.74, 6) is -0.142. The van der Waals surface area contributed by atoms with Crippen LogP contribution in [0.3, 0.4) is 0 Å². The Morgan fingerprint density at radius 3 is 2.89 bits per heavy atom. The van der Waals surface area contributed by atoms with Crippen LogP contribution in [0.1, 0.15) is 32.8 Å². The molecule has 3 rings (SSSR count). The second-order valence-electron chi connectivity index (χ2n) is 7.53. The van der Waals surface area contributed by atoms with Gasteiger partial charge in [0, 0.05) is 13.1 Å². The largest absolute Gasteiger partial charge is 0.444 e. The molecule has 2 N–H and O–H groups in total. The van der Waals surface area contributed by atoms with E-state index in [1.807, 2.05) is 6.07 Å². The molecule has 7 nitrogen and oxygen atoms in total. The molecule has 1 fully saturated rings. The molecule has 0 spiro atoms. The number of hydrogen-bond donors (Lipinski definition) is 2. The number of carbonyl (C=O) groups is 1. The smallest absolute Gasteiger partial charge is 0.408 e. The van der Waals surface area contributed by atoms with E-state index in [9.17, 15) is 13.6 Å². The summed E-state index contributed by atoms with van der Waals surface area (Å²) >= 11 is 0. The van der Waals surface area contributed by atoms with Crippen LogP contribution in [-0.4, -0.2) is 47.0 Å². The summed E-state index contributed by atoms with van der Waals surface area (Å²) < 4.78 is 33.1. The Hall–Kier alpha value is -2.89. The number of halogens is 2. The number of carbonyl (C=O) groups excluding carboxylic acids is 1. The van der Waals surface area contributed by atoms with Gasteiger partial charge in [-0.25, -0.2) is 18.6 Å². The lowest BCUT2D eigenvalue weighted by Crippen LogP contribution is -2.54. The van der Waals surface area contributed by atoms with Crippen molar-refractivity contribution in [2.24, 2.45) is 0 Å². The van der Waals surface area contributed by atoms with E-state index in [1.54, 1.807) is 25.7 Å². The van der Waals surface area contributed by atoms with E-state index >= 15 is 0 Å². The van der Waals surface area contributed by atoms with Gasteiger partial charge in [-0.2, -0.15) is 5.26 Å². The Morgan fingerprint density at radius 1 is 1.48 bits per heavy atom. The number of imidazole rings is 1. The third kappa shape index (κ3) is 4.27. The molecule has 1 aromatic carbocycles. The topological polar surface area (TPSA) is 94.0 Å². The number of nitriles is 1. The van der Waals surface area contributed by atoms with Gasteiger partial charge < -0.3 is 19.9 Å². The number of alkyl halides is 1. The Balaban J connectivity index is 1.79. The molecule has 9 heteroatoms. The number of amides is 1. The van der Waals surface area contributed by atoms with Crippen molar-refractivity contribution in [1.82, 2.24) is 15.3 Å². The molecule has 2 heterocycles. The predicted octanol–water partition coefficient (Wildman–Crippen LogP) is 3.02. The van der Waals surface area contributed by atoms with E-state index in [4.69, 9.17) is 10.00 Å². The summed E-state index contributed by atoms with van der Waals surface area (Å²) in [4.78, 5) is 21.0. The minimum Gasteiger partial charge on any atom is -0.444 e. The van der Waals surface area contributed by atoms with Gasteiger partial charge in [0.1, 0.15) is 29.2 Å². The molecule has 144 valence electrons. The summed E-state index contributed by atoms with van der Waals surface area (Å²) in [6.07, 6.45) is -1.71. The second-order valence-corrected chi connectivity index (χ2v) is 7.53. The highest BCUT2D eigenvalue weighted by Gasteiger charge is 2.33. The van der Waals surface area contributed by atoms with Crippen molar-refractivity contribution in [3.63, 3.8) is 0 Å². The number of nitrogens with one attached hydrogen (secondary N) is 2. The van der Waals surface area contributed by atoms with Crippen LogP contribution in [0.25, 0.3) is 11.0 Å². The van der Waals surface area contributed by atoms with E-state index in [0.29, 0.717) is 23.5 Å². The quantitative estimate of drug-likeness (QED) is 0.839. The molecule has 2 atom stereocenters. The number of aromatic nitrogens is 2. The Bertz CT molecular complexity index is 900. The molecule has 1 aliphatic heterocycles. The lowest BCUT2D eigenvalue weighted by atomic mass is 10.0. The molecule has 1 aromatic heterocycles. The highest BCUT2D eigenvalue weighted by Crippen LogP contribution is 2.25. The van der Waals surface area contributed by atoms with Crippen molar-refractivity contribution in [2.75, 3.05) is 18.0 Å². The van der Waals surface area contributed by atoms with Crippen LogP contribution in [-0.2, 0) is 4.74 Å². The third-order valence-electron chi connectivity index (χ3n) is 4.19. The first-order chi connectivity index (χ1) is 12.7. The number of rotatable bonds is 2. The number of anilines is 1. The summed E-state index contributed by atoms with van der Waals surface area (Å²) in [6.45, 7) is 5.73. The first kappa shape index (κ1) is 18.9. The number of piperidine rings is 1. The highest BCUT2D eigenvalue weighted by atomic mass is 19.1. The minimum absolute atomic E-state index is 0.122. The van der Waals surface area contributed by atoms with Gasteiger partial charge in [0.05, 0.1) is 17.1 Å². The Kier molecular flexibility index (Phi) is 4.91. The minimum atomic E-state index is -1.22. The molecule has 1 saturated heterocycles. The molecule has 0 aliphatic carbocycles. The monoisotopic (exact) mass is 377 g/mol. The van der Waals surface area contributed by atoms with E-state index in [1.165, 1.54) is 6.07 Å². The van der Waals surface area contributed by atoms with Crippen molar-refractivity contribution in [3.8, 4) is 6.07 Å². The highest BCUT2D eigenvalue weighted by molar-refractivity contribution is 5.83. The standard InChI is InChI=1S/C18H21F2N5O2/c1-18(2,3)27-17(26)23-14-9-25(5-4-12(14)20)16-22-13-7-11(19)6-10(8-21)15(13)24-16/h6-7,12,14H,4-5,9H2,1-3H3,(H,22,24)(H,23,26)/t12-,14-/m1/s1. The van der Waals surface area contributed by atoms with Gasteiger partial charge in [-0.05, 0) is 39.3 Å². The Morgan fingerprint density at radius 2 is 2.22 bits per heavy atom. The predicted molar refractivity (Wildman–Crippen MR) is 95.7 cm³/mol. The molecule has 1 aliphatic rings. The second kappa shape index (κ2) is 7.02. The van der Waals surface area contributed by atoms with Crippen molar-refractivity contribution >= 4 is 23.1 Å². The lowest BCUT2D eigenvalue weighted by Gasteiger charge is -2.35. The van der Waals surface area contributed by atoms with Crippen molar-refractivity contribution < 1.29 is 18.3 Å². The number of hydrogen-bond acceptors (Lipinski definition) is 5. The maximum absolute atomic E-state index is 14.3. The number of H-pyrrole nitrogens is 1. The molecule has 0 bridgehead atoms. The fourth-order valence-corrected chi connectivity index (χ4v) is 3.02. The number of benzene rings is 1. The summed E-state index contributed by atoms with van der Waals surface area (Å²) in [7, 11) is 0. The molecular formula is C18H21F2N5O2. The number of aromatic amines is 1. The SMILES string of the molecule is CC(C)(C)OC(=O)N[C@@H]1CN(c2nc3c(C#N)cc(F)cc3[nH]2)CC[C@H]1F. The summed E-state index contributed by atoms with van der Waals surface area (Å²) in [5.41, 5.74) is 0.186. The van der Waals surface area contributed by atoms with Gasteiger partial charge in [-0.3, -0.25) is 0 Å². The van der Waals surface area contributed by atoms with Crippen molar-refractivity contribution in [2.45, 2.75) is 45.0 Å². The van der Waals surface area contributed by atoms with Crippen LogP contribution in [0.15, 0.2) is 12.1 Å². The lowest BCUT2D eigenvalue weighted by molar-refractivity contribution is 0.0465. The number of nitrogens with zero attached hydrogens (tertiary/aromatic N) is 3. The first-order valence-electron chi connectivity index (χ1n) is 8.64. The first-order valence-corrected chi connectivity index (χ1v) is 8.64. The van der Waals surface area contributed by atoms with Crippen LogP contribution >= 0.6 is 0 Å². The summed E-state index contributed by atoms with van der Waals surface area (Å²) in [6, 6.07) is 3.52. The molecule has 2 aromatic rings. The van der Waals surface area contributed by atoms with Crippen LogP contribution in [0.4, 0.5) is 19.5 Å². The van der Waals surface area contributed by atoms with E-state index < -0.39 is 29.7 Å². The summed E-state index contributed by atoms with van der Waals surface area (Å²) in [5, 5.41) is 11.7. The van der Waals surface area contributed by atoms with Gasteiger partial charge in [0.2, 0.25) is 5.95 Å². The molecule has 0 saturated carbocycles. The van der Waals surface area contributed by atoms with Crippen LogP contribution in [0.5, 0.6) is 0 Å². The van der Waals surface area contributed by atoms with E-state index in [0.717, 1.165) is 6.07 Å². The van der Waals surface area contributed by atoms with Gasteiger partial charge in [-0.15, -0.1) is 0 Å². The van der Waals surface area contributed by atoms with Crippen LogP contribution in [0, 0.1) is 17.1 Å². The molecule has 27 heavy (non-hydrogen) atoms. The maximum atomic E-state index is 14.3. The average molecular weight is 377 g/mol. The van der Waals surface area contributed by atoms with Crippen LogP contribution in [0.2, 0.25) is 0 Å². The zero-order valence-electron chi connectivity index (χ0n) is 15.3. The van der Waals surface area contributed by atoms with E-state index in [2.05, 4.69) is 15.3 Å². The normalized spacial score (nSPS) is 20.4. The Labute approximate surface area is 155 Å². The van der Waals surface area contributed by atoms with Gasteiger partial charge in [-0.1, -0.05) is 0 Å².